The van der Waals surface area contributed by atoms with Gasteiger partial charge in [-0.3, -0.25) is 14.7 Å². The van der Waals surface area contributed by atoms with Crippen LogP contribution in [0, 0.1) is 0 Å². The summed E-state index contributed by atoms with van der Waals surface area (Å²) in [5.41, 5.74) is 4.52. The lowest BCUT2D eigenvalue weighted by atomic mass is 10.1. The van der Waals surface area contributed by atoms with Crippen molar-refractivity contribution in [2.45, 2.75) is 19.5 Å². The predicted octanol–water partition coefficient (Wildman–Crippen LogP) is 3.83. The molecule has 0 spiro atoms. The molecule has 1 fully saturated rings. The molecule has 1 saturated heterocycles. The summed E-state index contributed by atoms with van der Waals surface area (Å²) in [7, 11) is 3.43. The lowest BCUT2D eigenvalue weighted by Crippen LogP contribution is -2.48. The Labute approximate surface area is 189 Å². The van der Waals surface area contributed by atoms with E-state index in [2.05, 4.69) is 34.3 Å². The number of nitrogens with zero attached hydrogens (tertiary/aromatic N) is 3. The highest BCUT2D eigenvalue weighted by molar-refractivity contribution is 6.04. The average molecular weight is 431 g/mol. The Kier molecular flexibility index (Phi) is 6.83. The Hall–Kier alpha value is -3.22. The summed E-state index contributed by atoms with van der Waals surface area (Å²) in [6.45, 7) is 6.29. The minimum Gasteiger partial charge on any atom is -0.497 e. The molecule has 0 bridgehead atoms. The van der Waals surface area contributed by atoms with Gasteiger partial charge >= 0.3 is 0 Å². The SMILES string of the molecule is COc1ccc(-c2ccc(C(=O)N(C)c3ccc(CN4CCN[C@@H](C)C4)cc3)nc2)cc1. The van der Waals surface area contributed by atoms with Gasteiger partial charge in [-0.25, -0.2) is 0 Å². The van der Waals surface area contributed by atoms with Gasteiger partial charge in [-0.15, -0.1) is 0 Å². The molecule has 2 heterocycles. The van der Waals surface area contributed by atoms with E-state index in [0.29, 0.717) is 11.7 Å². The van der Waals surface area contributed by atoms with Gasteiger partial charge in [0.2, 0.25) is 0 Å². The van der Waals surface area contributed by atoms with E-state index >= 15 is 0 Å². The molecule has 4 rings (SSSR count). The zero-order valence-corrected chi connectivity index (χ0v) is 18.9. The van der Waals surface area contributed by atoms with Crippen molar-refractivity contribution in [2.75, 3.05) is 38.7 Å². The van der Waals surface area contributed by atoms with Crippen LogP contribution in [0.15, 0.2) is 66.9 Å². The number of carbonyl (C=O) groups excluding carboxylic acids is 1. The highest BCUT2D eigenvalue weighted by atomic mass is 16.5. The van der Waals surface area contributed by atoms with Crippen LogP contribution in [0.3, 0.4) is 0 Å². The number of hydrogen-bond donors (Lipinski definition) is 1. The zero-order chi connectivity index (χ0) is 22.5. The molecular formula is C26H30N4O2. The van der Waals surface area contributed by atoms with Crippen LogP contribution in [-0.2, 0) is 6.54 Å². The minimum atomic E-state index is -0.130. The van der Waals surface area contributed by atoms with E-state index in [1.165, 1.54) is 5.56 Å². The van der Waals surface area contributed by atoms with Crippen LogP contribution < -0.4 is 15.0 Å². The summed E-state index contributed by atoms with van der Waals surface area (Å²) >= 11 is 0. The van der Waals surface area contributed by atoms with Crippen LogP contribution in [0.4, 0.5) is 5.69 Å². The topological polar surface area (TPSA) is 57.7 Å². The second kappa shape index (κ2) is 9.94. The average Bonchev–Trinajstić information content (AvgIpc) is 2.84. The second-order valence-corrected chi connectivity index (χ2v) is 8.28. The van der Waals surface area contributed by atoms with Gasteiger partial charge in [0.1, 0.15) is 11.4 Å². The first kappa shape index (κ1) is 22.0. The zero-order valence-electron chi connectivity index (χ0n) is 18.9. The quantitative estimate of drug-likeness (QED) is 0.644. The van der Waals surface area contributed by atoms with E-state index in [0.717, 1.165) is 48.7 Å². The fraction of sp³-hybridized carbons (Fsp3) is 0.308. The highest BCUT2D eigenvalue weighted by Crippen LogP contribution is 2.23. The predicted molar refractivity (Wildman–Crippen MR) is 128 cm³/mol. The number of methoxy groups -OCH3 is 1. The van der Waals surface area contributed by atoms with E-state index in [9.17, 15) is 4.79 Å². The smallest absolute Gasteiger partial charge is 0.276 e. The number of carbonyl (C=O) groups is 1. The molecule has 32 heavy (non-hydrogen) atoms. The standard InChI is InChI=1S/C26H30N4O2/c1-19-17-30(15-14-27-19)18-20-4-9-23(10-5-20)29(2)26(31)25-13-8-22(16-28-25)21-6-11-24(32-3)12-7-21/h4-13,16,19,27H,14-15,17-18H2,1-3H3/t19-/m0/s1. The maximum atomic E-state index is 12.9. The fourth-order valence-corrected chi connectivity index (χ4v) is 4.00. The van der Waals surface area contributed by atoms with E-state index in [1.54, 1.807) is 31.3 Å². The van der Waals surface area contributed by atoms with Crippen molar-refractivity contribution < 1.29 is 9.53 Å². The molecule has 6 heteroatoms. The third kappa shape index (κ3) is 5.15. The molecule has 1 aliphatic heterocycles. The molecule has 0 radical (unpaired) electrons. The molecule has 0 aliphatic carbocycles. The number of rotatable bonds is 6. The summed E-state index contributed by atoms with van der Waals surface area (Å²) < 4.78 is 5.20. The van der Waals surface area contributed by atoms with Gasteiger partial charge in [0, 0.05) is 56.7 Å². The van der Waals surface area contributed by atoms with Gasteiger partial charge in [-0.1, -0.05) is 30.3 Å². The molecule has 1 atom stereocenters. The molecule has 0 unspecified atom stereocenters. The van der Waals surface area contributed by atoms with Gasteiger partial charge in [0.05, 0.1) is 7.11 Å². The number of pyridine rings is 1. The molecule has 1 aliphatic rings. The number of hydrogen-bond acceptors (Lipinski definition) is 5. The van der Waals surface area contributed by atoms with Crippen molar-refractivity contribution in [2.24, 2.45) is 0 Å². The third-order valence-corrected chi connectivity index (χ3v) is 5.89. The van der Waals surface area contributed by atoms with E-state index in [4.69, 9.17) is 4.74 Å². The van der Waals surface area contributed by atoms with Gasteiger partial charge in [-0.2, -0.15) is 0 Å². The third-order valence-electron chi connectivity index (χ3n) is 5.89. The second-order valence-electron chi connectivity index (χ2n) is 8.28. The Morgan fingerprint density at radius 3 is 2.44 bits per heavy atom. The summed E-state index contributed by atoms with van der Waals surface area (Å²) in [5.74, 6) is 0.679. The monoisotopic (exact) mass is 430 g/mol. The molecule has 6 nitrogen and oxygen atoms in total. The number of piperazine rings is 1. The number of aromatic nitrogens is 1. The molecule has 0 saturated carbocycles. The first-order chi connectivity index (χ1) is 15.5. The fourth-order valence-electron chi connectivity index (χ4n) is 4.00. The minimum absolute atomic E-state index is 0.130. The molecule has 1 aromatic heterocycles. The number of ether oxygens (including phenoxy) is 1. The Balaban J connectivity index is 1.40. The van der Waals surface area contributed by atoms with Crippen LogP contribution in [0.1, 0.15) is 23.0 Å². The van der Waals surface area contributed by atoms with Crippen molar-refractivity contribution in [1.29, 1.82) is 0 Å². The van der Waals surface area contributed by atoms with Gasteiger partial charge < -0.3 is 15.0 Å². The van der Waals surface area contributed by atoms with Crippen LogP contribution in [-0.4, -0.2) is 55.6 Å². The van der Waals surface area contributed by atoms with Crippen molar-refractivity contribution >= 4 is 11.6 Å². The summed E-state index contributed by atoms with van der Waals surface area (Å²) in [5, 5.41) is 3.47. The Morgan fingerprint density at radius 2 is 1.81 bits per heavy atom. The maximum absolute atomic E-state index is 12.9. The molecule has 1 N–H and O–H groups in total. The molecule has 1 amide bonds. The first-order valence-electron chi connectivity index (χ1n) is 11.0. The normalized spacial score (nSPS) is 16.5. The number of amides is 1. The number of nitrogens with one attached hydrogen (secondary N) is 1. The van der Waals surface area contributed by atoms with Crippen molar-refractivity contribution in [3.8, 4) is 16.9 Å². The Morgan fingerprint density at radius 1 is 1.09 bits per heavy atom. The maximum Gasteiger partial charge on any atom is 0.276 e. The molecular weight excluding hydrogens is 400 g/mol. The van der Waals surface area contributed by atoms with Crippen molar-refractivity contribution in [3.05, 3.63) is 78.1 Å². The summed E-state index contributed by atoms with van der Waals surface area (Å²) in [4.78, 5) is 21.5. The van der Waals surface area contributed by atoms with Crippen LogP contribution in [0.5, 0.6) is 5.75 Å². The van der Waals surface area contributed by atoms with E-state index < -0.39 is 0 Å². The highest BCUT2D eigenvalue weighted by Gasteiger charge is 2.17. The molecule has 3 aromatic rings. The largest absolute Gasteiger partial charge is 0.497 e. The van der Waals surface area contributed by atoms with Crippen molar-refractivity contribution in [3.63, 3.8) is 0 Å². The van der Waals surface area contributed by atoms with E-state index in [-0.39, 0.29) is 5.91 Å². The molecule has 166 valence electrons. The van der Waals surface area contributed by atoms with Crippen molar-refractivity contribution in [1.82, 2.24) is 15.2 Å². The van der Waals surface area contributed by atoms with Crippen LogP contribution in [0.2, 0.25) is 0 Å². The van der Waals surface area contributed by atoms with Gasteiger partial charge in [-0.05, 0) is 48.4 Å². The first-order valence-corrected chi connectivity index (χ1v) is 11.0. The number of anilines is 1. The lowest BCUT2D eigenvalue weighted by molar-refractivity contribution is 0.0988. The molecule has 2 aromatic carbocycles. The van der Waals surface area contributed by atoms with Crippen LogP contribution >= 0.6 is 0 Å². The Bertz CT molecular complexity index is 1030. The van der Waals surface area contributed by atoms with Gasteiger partial charge in [0.25, 0.3) is 5.91 Å². The summed E-state index contributed by atoms with van der Waals surface area (Å²) in [6.07, 6.45) is 1.74. The lowest BCUT2D eigenvalue weighted by Gasteiger charge is -2.31. The number of benzene rings is 2. The van der Waals surface area contributed by atoms with Crippen LogP contribution in [0.25, 0.3) is 11.1 Å². The van der Waals surface area contributed by atoms with Gasteiger partial charge in [0.15, 0.2) is 0 Å². The van der Waals surface area contributed by atoms with E-state index in [1.807, 2.05) is 42.5 Å². The summed E-state index contributed by atoms with van der Waals surface area (Å²) in [6, 6.07) is 20.2.